The van der Waals surface area contributed by atoms with Gasteiger partial charge in [0.15, 0.2) is 0 Å². The molecule has 1 amide bonds. The Bertz CT molecular complexity index is 781. The van der Waals surface area contributed by atoms with Gasteiger partial charge in [-0.1, -0.05) is 0 Å². The second-order valence-electron chi connectivity index (χ2n) is 6.38. The highest BCUT2D eigenvalue weighted by Gasteiger charge is 2.29. The van der Waals surface area contributed by atoms with E-state index in [1.807, 2.05) is 17.0 Å². The van der Waals surface area contributed by atoms with Crippen molar-refractivity contribution in [2.75, 3.05) is 36.8 Å². The number of rotatable bonds is 4. The summed E-state index contributed by atoms with van der Waals surface area (Å²) < 4.78 is 0. The molecule has 0 atom stereocenters. The second kappa shape index (κ2) is 6.57. The number of carbonyl (C=O) groups excluding carboxylic acids is 1. The topological polar surface area (TPSA) is 114 Å². The monoisotopic (exact) mass is 359 g/mol. The number of nitrogens with zero attached hydrogens (tertiary/aromatic N) is 5. The van der Waals surface area contributed by atoms with Crippen molar-refractivity contribution in [3.63, 3.8) is 0 Å². The molecule has 0 spiro atoms. The molecule has 0 aromatic carbocycles. The molecule has 2 aromatic rings. The van der Waals surface area contributed by atoms with Gasteiger partial charge >= 0.3 is 0 Å². The van der Waals surface area contributed by atoms with Gasteiger partial charge in [-0.25, -0.2) is 0 Å². The Labute approximate surface area is 149 Å². The number of nitrogen functional groups attached to an aromatic ring is 1. The molecule has 4 rings (SSSR count). The maximum Gasteiger partial charge on any atom is 0.264 e. The Kier molecular flexibility index (Phi) is 4.26. The molecule has 4 N–H and O–H groups in total. The molecule has 1 saturated carbocycles. The lowest BCUT2D eigenvalue weighted by molar-refractivity contribution is 0.0751. The zero-order valence-corrected chi connectivity index (χ0v) is 14.7. The highest BCUT2D eigenvalue weighted by atomic mass is 32.1. The minimum absolute atomic E-state index is 0.0678. The standard InChI is InChI=1S/C16H21N7OS/c17-9-11-3-4-12(25-11)14(24)22-5-7-23(8-6-22)16-20-13(10-1-2-10)19-15(18)21-16/h3-4,10H,1-2,5-9,17H2,(H2,18,19,20,21). The summed E-state index contributed by atoms with van der Waals surface area (Å²) in [6.45, 7) is 3.12. The Morgan fingerprint density at radius 3 is 2.56 bits per heavy atom. The Balaban J connectivity index is 1.42. The van der Waals surface area contributed by atoms with E-state index in [0.29, 0.717) is 44.6 Å². The lowest BCUT2D eigenvalue weighted by Crippen LogP contribution is -2.49. The average molecular weight is 359 g/mol. The zero-order valence-electron chi connectivity index (χ0n) is 13.9. The van der Waals surface area contributed by atoms with Crippen molar-refractivity contribution in [1.82, 2.24) is 19.9 Å². The van der Waals surface area contributed by atoms with Crippen molar-refractivity contribution in [3.05, 3.63) is 27.7 Å². The molecular formula is C16H21N7OS. The number of piperazine rings is 1. The molecular weight excluding hydrogens is 338 g/mol. The Hall–Kier alpha value is -2.26. The van der Waals surface area contributed by atoms with E-state index in [4.69, 9.17) is 11.5 Å². The van der Waals surface area contributed by atoms with E-state index in [-0.39, 0.29) is 11.9 Å². The van der Waals surface area contributed by atoms with Crippen LogP contribution in [0.4, 0.5) is 11.9 Å². The summed E-state index contributed by atoms with van der Waals surface area (Å²) in [5.74, 6) is 2.20. The van der Waals surface area contributed by atoms with Crippen LogP contribution in [0.3, 0.4) is 0 Å². The van der Waals surface area contributed by atoms with Gasteiger partial charge in [0.05, 0.1) is 4.88 Å². The van der Waals surface area contributed by atoms with Crippen LogP contribution in [0.15, 0.2) is 12.1 Å². The van der Waals surface area contributed by atoms with Gasteiger partial charge in [-0.3, -0.25) is 4.79 Å². The lowest BCUT2D eigenvalue weighted by Gasteiger charge is -2.34. The molecule has 2 aliphatic rings. The summed E-state index contributed by atoms with van der Waals surface area (Å²) in [5, 5.41) is 0. The number of thiophene rings is 1. The maximum absolute atomic E-state index is 12.6. The molecule has 1 aliphatic carbocycles. The number of hydrogen-bond donors (Lipinski definition) is 2. The van der Waals surface area contributed by atoms with Crippen LogP contribution in [-0.2, 0) is 6.54 Å². The summed E-state index contributed by atoms with van der Waals surface area (Å²) in [5.41, 5.74) is 11.5. The van der Waals surface area contributed by atoms with Gasteiger partial charge in [0, 0.05) is 43.5 Å². The summed E-state index contributed by atoms with van der Waals surface area (Å²) in [6, 6.07) is 3.78. The zero-order chi connectivity index (χ0) is 17.4. The van der Waals surface area contributed by atoms with Crippen LogP contribution in [0.2, 0.25) is 0 Å². The fourth-order valence-electron chi connectivity index (χ4n) is 2.93. The molecule has 25 heavy (non-hydrogen) atoms. The normalized spacial score (nSPS) is 17.8. The van der Waals surface area contributed by atoms with Crippen molar-refractivity contribution < 1.29 is 4.79 Å². The number of hydrogen-bond acceptors (Lipinski definition) is 8. The molecule has 1 saturated heterocycles. The summed E-state index contributed by atoms with van der Waals surface area (Å²) >= 11 is 1.47. The molecule has 0 unspecified atom stereocenters. The van der Waals surface area contributed by atoms with Crippen molar-refractivity contribution in [2.45, 2.75) is 25.3 Å². The van der Waals surface area contributed by atoms with Crippen LogP contribution in [-0.4, -0.2) is 51.9 Å². The van der Waals surface area contributed by atoms with Gasteiger partial charge in [-0.2, -0.15) is 15.0 Å². The van der Waals surface area contributed by atoms with Crippen LogP contribution >= 0.6 is 11.3 Å². The number of carbonyl (C=O) groups is 1. The third-order valence-electron chi connectivity index (χ3n) is 4.52. The highest BCUT2D eigenvalue weighted by molar-refractivity contribution is 7.14. The van der Waals surface area contributed by atoms with Crippen molar-refractivity contribution in [1.29, 1.82) is 0 Å². The number of amides is 1. The van der Waals surface area contributed by atoms with Crippen LogP contribution in [0.1, 0.15) is 39.1 Å². The largest absolute Gasteiger partial charge is 0.368 e. The van der Waals surface area contributed by atoms with Crippen molar-refractivity contribution in [2.24, 2.45) is 5.73 Å². The molecule has 0 radical (unpaired) electrons. The van der Waals surface area contributed by atoms with Crippen molar-refractivity contribution >= 4 is 29.1 Å². The second-order valence-corrected chi connectivity index (χ2v) is 7.54. The average Bonchev–Trinajstić information content (AvgIpc) is 3.38. The Morgan fingerprint density at radius 2 is 1.92 bits per heavy atom. The number of anilines is 2. The molecule has 0 bridgehead atoms. The SMILES string of the molecule is NCc1ccc(C(=O)N2CCN(c3nc(N)nc(C4CC4)n3)CC2)s1. The molecule has 2 fully saturated rings. The van der Waals surface area contributed by atoms with Gasteiger partial charge in [0.2, 0.25) is 11.9 Å². The first-order valence-electron chi connectivity index (χ1n) is 8.48. The minimum Gasteiger partial charge on any atom is -0.368 e. The molecule has 1 aliphatic heterocycles. The summed E-state index contributed by atoms with van der Waals surface area (Å²) in [6.07, 6.45) is 2.24. The van der Waals surface area contributed by atoms with Crippen LogP contribution in [0.25, 0.3) is 0 Å². The van der Waals surface area contributed by atoms with Gasteiger partial charge in [-0.15, -0.1) is 11.3 Å². The smallest absolute Gasteiger partial charge is 0.264 e. The van der Waals surface area contributed by atoms with E-state index < -0.39 is 0 Å². The highest BCUT2D eigenvalue weighted by Crippen LogP contribution is 2.38. The van der Waals surface area contributed by atoms with Crippen molar-refractivity contribution in [3.8, 4) is 0 Å². The Morgan fingerprint density at radius 1 is 1.16 bits per heavy atom. The third kappa shape index (κ3) is 3.42. The minimum atomic E-state index is 0.0678. The third-order valence-corrected chi connectivity index (χ3v) is 5.62. The van der Waals surface area contributed by atoms with E-state index in [9.17, 15) is 4.79 Å². The summed E-state index contributed by atoms with van der Waals surface area (Å²) in [7, 11) is 0. The first-order chi connectivity index (χ1) is 12.1. The van der Waals surface area contributed by atoms with E-state index in [1.165, 1.54) is 11.3 Å². The van der Waals surface area contributed by atoms with Gasteiger partial charge in [0.1, 0.15) is 5.82 Å². The molecule has 3 heterocycles. The fourth-order valence-corrected chi connectivity index (χ4v) is 3.79. The maximum atomic E-state index is 12.6. The van der Waals surface area contributed by atoms with Crippen LogP contribution in [0, 0.1) is 0 Å². The van der Waals surface area contributed by atoms with E-state index >= 15 is 0 Å². The predicted octanol–water partition coefficient (Wildman–Crippen LogP) is 0.814. The van der Waals surface area contributed by atoms with Crippen LogP contribution in [0.5, 0.6) is 0 Å². The van der Waals surface area contributed by atoms with E-state index in [0.717, 1.165) is 28.4 Å². The van der Waals surface area contributed by atoms with Gasteiger partial charge < -0.3 is 21.3 Å². The van der Waals surface area contributed by atoms with Gasteiger partial charge in [-0.05, 0) is 25.0 Å². The lowest BCUT2D eigenvalue weighted by atomic mass is 10.3. The molecule has 9 heteroatoms. The summed E-state index contributed by atoms with van der Waals surface area (Å²) in [4.78, 5) is 31.4. The van der Waals surface area contributed by atoms with E-state index in [1.54, 1.807) is 0 Å². The number of aromatic nitrogens is 3. The van der Waals surface area contributed by atoms with Crippen LogP contribution < -0.4 is 16.4 Å². The fraction of sp³-hybridized carbons (Fsp3) is 0.500. The first-order valence-corrected chi connectivity index (χ1v) is 9.30. The van der Waals surface area contributed by atoms with Gasteiger partial charge in [0.25, 0.3) is 5.91 Å². The quantitative estimate of drug-likeness (QED) is 0.830. The molecule has 132 valence electrons. The molecule has 2 aromatic heterocycles. The predicted molar refractivity (Wildman–Crippen MR) is 96.5 cm³/mol. The van der Waals surface area contributed by atoms with E-state index in [2.05, 4.69) is 19.9 Å². The molecule has 8 nitrogen and oxygen atoms in total. The number of nitrogens with two attached hydrogens (primary N) is 2. The first kappa shape index (κ1) is 16.2.